The summed E-state index contributed by atoms with van der Waals surface area (Å²) in [6.45, 7) is 0. The smallest absolute Gasteiger partial charge is 0.0554 e. The lowest BCUT2D eigenvalue weighted by molar-refractivity contribution is 1.72. The summed E-state index contributed by atoms with van der Waals surface area (Å²) in [6.07, 6.45) is 0. The summed E-state index contributed by atoms with van der Waals surface area (Å²) in [4.78, 5) is 0. The van der Waals surface area contributed by atoms with Crippen LogP contribution in [0, 0.1) is 0 Å². The second kappa shape index (κ2) is 3.87. The van der Waals surface area contributed by atoms with E-state index < -0.39 is 0 Å². The monoisotopic (exact) mass is 258 g/mol. The van der Waals surface area contributed by atoms with Gasteiger partial charge in [0.25, 0.3) is 0 Å². The van der Waals surface area contributed by atoms with Gasteiger partial charge < -0.3 is 11.5 Å². The lowest BCUT2D eigenvalue weighted by atomic mass is 9.97. The molecule has 4 N–H and O–H groups in total. The van der Waals surface area contributed by atoms with Gasteiger partial charge in [0.15, 0.2) is 0 Å². The molecule has 0 aliphatic rings. The largest absolute Gasteiger partial charge is 0.397 e. The lowest BCUT2D eigenvalue weighted by Crippen LogP contribution is -1.94. The van der Waals surface area contributed by atoms with E-state index in [1.165, 1.54) is 21.5 Å². The van der Waals surface area contributed by atoms with Gasteiger partial charge in [-0.3, -0.25) is 0 Å². The average Bonchev–Trinajstić information content (AvgIpc) is 2.47. The van der Waals surface area contributed by atoms with Gasteiger partial charge in [-0.1, -0.05) is 36.4 Å². The van der Waals surface area contributed by atoms with Crippen molar-refractivity contribution in [2.75, 3.05) is 11.5 Å². The Morgan fingerprint density at radius 2 is 1.05 bits per heavy atom. The second-order valence-electron chi connectivity index (χ2n) is 5.19. The van der Waals surface area contributed by atoms with Crippen molar-refractivity contribution in [2.45, 2.75) is 0 Å². The van der Waals surface area contributed by atoms with Crippen LogP contribution in [0.4, 0.5) is 11.4 Å². The van der Waals surface area contributed by atoms with Gasteiger partial charge in [-0.05, 0) is 56.6 Å². The third-order valence-electron chi connectivity index (χ3n) is 3.91. The van der Waals surface area contributed by atoms with E-state index in [1.54, 1.807) is 0 Å². The number of rotatable bonds is 0. The summed E-state index contributed by atoms with van der Waals surface area (Å²) in [6, 6.07) is 21.0. The second-order valence-corrected chi connectivity index (χ2v) is 5.19. The molecule has 0 unspecified atom stereocenters. The van der Waals surface area contributed by atoms with Gasteiger partial charge in [-0.15, -0.1) is 0 Å². The molecule has 4 aromatic rings. The zero-order valence-corrected chi connectivity index (χ0v) is 10.9. The van der Waals surface area contributed by atoms with Crippen molar-refractivity contribution in [3.63, 3.8) is 0 Å². The van der Waals surface area contributed by atoms with Gasteiger partial charge in [-0.2, -0.15) is 0 Å². The van der Waals surface area contributed by atoms with Crippen molar-refractivity contribution in [2.24, 2.45) is 0 Å². The first kappa shape index (κ1) is 11.1. The van der Waals surface area contributed by atoms with E-state index in [1.807, 2.05) is 12.1 Å². The quantitative estimate of drug-likeness (QED) is 0.280. The molecule has 0 bridgehead atoms. The zero-order chi connectivity index (χ0) is 13.7. The Morgan fingerprint density at radius 3 is 1.80 bits per heavy atom. The average molecular weight is 258 g/mol. The molecular weight excluding hydrogens is 244 g/mol. The Bertz CT molecular complexity index is 971. The van der Waals surface area contributed by atoms with Crippen molar-refractivity contribution in [3.8, 4) is 0 Å². The molecule has 0 saturated heterocycles. The fourth-order valence-electron chi connectivity index (χ4n) is 2.83. The molecule has 0 heterocycles. The van der Waals surface area contributed by atoms with Crippen molar-refractivity contribution in [1.29, 1.82) is 0 Å². The van der Waals surface area contributed by atoms with Crippen LogP contribution < -0.4 is 11.5 Å². The number of hydrogen-bond donors (Lipinski definition) is 2. The first-order valence-corrected chi connectivity index (χ1v) is 6.62. The Morgan fingerprint density at radius 1 is 0.500 bits per heavy atom. The summed E-state index contributed by atoms with van der Waals surface area (Å²) < 4.78 is 0. The Labute approximate surface area is 116 Å². The van der Waals surface area contributed by atoms with Crippen LogP contribution in [0.1, 0.15) is 0 Å². The number of hydrogen-bond acceptors (Lipinski definition) is 2. The van der Waals surface area contributed by atoms with Gasteiger partial charge in [0.1, 0.15) is 0 Å². The molecule has 2 nitrogen and oxygen atoms in total. The molecule has 4 rings (SSSR count). The SMILES string of the molecule is Nc1cc2ccc3cc4ccccc4cc3c2cc1N. The third kappa shape index (κ3) is 1.51. The Balaban J connectivity index is 2.22. The maximum absolute atomic E-state index is 5.96. The molecule has 0 radical (unpaired) electrons. The predicted molar refractivity (Wildman–Crippen MR) is 87.8 cm³/mol. The fraction of sp³-hybridized carbons (Fsp3) is 0. The van der Waals surface area contributed by atoms with Crippen LogP contribution in [0.2, 0.25) is 0 Å². The van der Waals surface area contributed by atoms with Crippen LogP contribution in [-0.2, 0) is 0 Å². The molecule has 96 valence electrons. The molecule has 0 spiro atoms. The molecule has 0 atom stereocenters. The minimum absolute atomic E-state index is 0.637. The van der Waals surface area contributed by atoms with Crippen molar-refractivity contribution >= 4 is 43.7 Å². The minimum atomic E-state index is 0.637. The van der Waals surface area contributed by atoms with Crippen LogP contribution in [0.15, 0.2) is 60.7 Å². The van der Waals surface area contributed by atoms with E-state index in [0.717, 1.165) is 10.8 Å². The van der Waals surface area contributed by atoms with Crippen LogP contribution >= 0.6 is 0 Å². The van der Waals surface area contributed by atoms with Gasteiger partial charge in [0.05, 0.1) is 11.4 Å². The molecule has 20 heavy (non-hydrogen) atoms. The number of benzene rings is 4. The summed E-state index contributed by atoms with van der Waals surface area (Å²) in [5, 5.41) is 7.21. The third-order valence-corrected chi connectivity index (χ3v) is 3.91. The van der Waals surface area contributed by atoms with Gasteiger partial charge in [0.2, 0.25) is 0 Å². The molecule has 0 saturated carbocycles. The van der Waals surface area contributed by atoms with Gasteiger partial charge in [-0.25, -0.2) is 0 Å². The highest BCUT2D eigenvalue weighted by molar-refractivity contribution is 6.13. The van der Waals surface area contributed by atoms with Crippen LogP contribution in [0.5, 0.6) is 0 Å². The Hall–Kier alpha value is -2.74. The first-order chi connectivity index (χ1) is 9.72. The normalized spacial score (nSPS) is 11.4. The summed E-state index contributed by atoms with van der Waals surface area (Å²) >= 11 is 0. The highest BCUT2D eigenvalue weighted by Crippen LogP contribution is 2.32. The zero-order valence-electron chi connectivity index (χ0n) is 10.9. The van der Waals surface area contributed by atoms with E-state index in [0.29, 0.717) is 11.4 Å². The van der Waals surface area contributed by atoms with E-state index in [2.05, 4.69) is 48.5 Å². The molecule has 0 aliphatic carbocycles. The molecule has 0 fully saturated rings. The summed E-state index contributed by atoms with van der Waals surface area (Å²) in [7, 11) is 0. The van der Waals surface area contributed by atoms with E-state index >= 15 is 0 Å². The maximum atomic E-state index is 5.96. The van der Waals surface area contributed by atoms with E-state index in [4.69, 9.17) is 11.5 Å². The maximum Gasteiger partial charge on any atom is 0.0554 e. The van der Waals surface area contributed by atoms with E-state index in [9.17, 15) is 0 Å². The summed E-state index contributed by atoms with van der Waals surface area (Å²) in [5.41, 5.74) is 13.1. The standard InChI is InChI=1S/C18H14N2/c19-17-9-14-6-5-13-7-11-3-1-2-4-12(11)8-15(13)16(14)10-18(17)20/h1-10H,19-20H2. The molecule has 2 heteroatoms. The number of anilines is 2. The Kier molecular flexibility index (Phi) is 2.15. The van der Waals surface area contributed by atoms with Crippen molar-refractivity contribution in [3.05, 3.63) is 60.7 Å². The predicted octanol–water partition coefficient (Wildman–Crippen LogP) is 4.31. The highest BCUT2D eigenvalue weighted by atomic mass is 14.7. The van der Waals surface area contributed by atoms with Gasteiger partial charge >= 0.3 is 0 Å². The number of fused-ring (bicyclic) bond motifs is 4. The fourth-order valence-corrected chi connectivity index (χ4v) is 2.83. The first-order valence-electron chi connectivity index (χ1n) is 6.62. The summed E-state index contributed by atoms with van der Waals surface area (Å²) in [5.74, 6) is 0. The highest BCUT2D eigenvalue weighted by Gasteiger charge is 2.05. The van der Waals surface area contributed by atoms with Crippen LogP contribution in [-0.4, -0.2) is 0 Å². The molecule has 4 aromatic carbocycles. The molecule has 0 aromatic heterocycles. The van der Waals surface area contributed by atoms with Crippen LogP contribution in [0.25, 0.3) is 32.3 Å². The van der Waals surface area contributed by atoms with Crippen molar-refractivity contribution in [1.82, 2.24) is 0 Å². The van der Waals surface area contributed by atoms with Gasteiger partial charge in [0, 0.05) is 0 Å². The molecule has 0 amide bonds. The lowest BCUT2D eigenvalue weighted by Gasteiger charge is -2.09. The molecule has 0 aliphatic heterocycles. The topological polar surface area (TPSA) is 52.0 Å². The minimum Gasteiger partial charge on any atom is -0.397 e. The number of nitrogens with two attached hydrogens (primary N) is 2. The van der Waals surface area contributed by atoms with Crippen molar-refractivity contribution < 1.29 is 0 Å². The van der Waals surface area contributed by atoms with E-state index in [-0.39, 0.29) is 0 Å². The van der Waals surface area contributed by atoms with Crippen LogP contribution in [0.3, 0.4) is 0 Å². The number of nitrogen functional groups attached to an aromatic ring is 2. The molecular formula is C18H14N2.